The minimum atomic E-state index is -3.88. The molecule has 2 aromatic heterocycles. The number of nitrogens with zero attached hydrogens (tertiary/aromatic N) is 1. The average molecular weight is 443 g/mol. The van der Waals surface area contributed by atoms with Crippen LogP contribution in [0, 0.1) is 0 Å². The van der Waals surface area contributed by atoms with E-state index in [4.69, 9.17) is 5.11 Å². The van der Waals surface area contributed by atoms with E-state index < -0.39 is 16.0 Å². The van der Waals surface area contributed by atoms with Crippen molar-refractivity contribution < 1.29 is 18.3 Å². The van der Waals surface area contributed by atoms with Crippen LogP contribution in [0.3, 0.4) is 0 Å². The second-order valence-electron chi connectivity index (χ2n) is 5.44. The van der Waals surface area contributed by atoms with Crippen LogP contribution in [0.5, 0.6) is 0 Å². The third kappa shape index (κ3) is 3.58. The molecule has 2 N–H and O–H groups in total. The third-order valence-electron chi connectivity index (χ3n) is 3.60. The van der Waals surface area contributed by atoms with Crippen LogP contribution in [0.15, 0.2) is 45.2 Å². The van der Waals surface area contributed by atoms with Gasteiger partial charge < -0.3 is 9.67 Å². The summed E-state index contributed by atoms with van der Waals surface area (Å²) >= 11 is 3.83. The zero-order valence-electron chi connectivity index (χ0n) is 13.2. The summed E-state index contributed by atoms with van der Waals surface area (Å²) in [6.07, 6.45) is 2.95. The highest BCUT2D eigenvalue weighted by atomic mass is 79.9. The van der Waals surface area contributed by atoms with E-state index in [9.17, 15) is 13.2 Å². The zero-order valence-corrected chi connectivity index (χ0v) is 16.4. The Labute approximate surface area is 157 Å². The van der Waals surface area contributed by atoms with E-state index in [1.165, 1.54) is 6.07 Å². The summed E-state index contributed by atoms with van der Waals surface area (Å²) in [4.78, 5) is 11.0. The van der Waals surface area contributed by atoms with Gasteiger partial charge >= 0.3 is 5.97 Å². The number of aromatic nitrogens is 1. The largest absolute Gasteiger partial charge is 0.477 e. The topological polar surface area (TPSA) is 88.4 Å². The Morgan fingerprint density at radius 3 is 2.72 bits per heavy atom. The summed E-state index contributed by atoms with van der Waals surface area (Å²) in [6.45, 7) is 2.92. The molecule has 0 saturated carbocycles. The highest BCUT2D eigenvalue weighted by Gasteiger charge is 2.23. The minimum absolute atomic E-state index is 0.0421. The molecule has 1 aromatic carbocycles. The predicted octanol–water partition coefficient (Wildman–Crippen LogP) is 4.37. The van der Waals surface area contributed by atoms with Gasteiger partial charge in [-0.25, -0.2) is 13.2 Å². The van der Waals surface area contributed by atoms with E-state index in [2.05, 4.69) is 32.1 Å². The molecule has 0 aliphatic heterocycles. The van der Waals surface area contributed by atoms with E-state index in [1.807, 2.05) is 18.3 Å². The van der Waals surface area contributed by atoms with Gasteiger partial charge in [0, 0.05) is 17.2 Å². The summed E-state index contributed by atoms with van der Waals surface area (Å²) in [5, 5.41) is 10.1. The van der Waals surface area contributed by atoms with Crippen molar-refractivity contribution in [1.29, 1.82) is 0 Å². The standard InChI is InChI=1S/C16H15BrN2O4S2/c1-2-6-19-7-5-10-3-4-11(8-13(10)19)18-25(22,23)16-12(17)9-14(24-16)15(20)21/h3-5,7-9,18H,2,6H2,1H3,(H,20,21). The number of benzene rings is 1. The average Bonchev–Trinajstić information content (AvgIpc) is 3.12. The van der Waals surface area contributed by atoms with Crippen LogP contribution >= 0.6 is 27.3 Å². The number of rotatable bonds is 6. The van der Waals surface area contributed by atoms with Crippen LogP contribution in [0.4, 0.5) is 5.69 Å². The fraction of sp³-hybridized carbons (Fsp3) is 0.188. The lowest BCUT2D eigenvalue weighted by Crippen LogP contribution is -2.12. The summed E-state index contributed by atoms with van der Waals surface area (Å²) in [5.41, 5.74) is 1.37. The third-order valence-corrected chi connectivity index (χ3v) is 7.79. The smallest absolute Gasteiger partial charge is 0.345 e. The quantitative estimate of drug-likeness (QED) is 0.592. The van der Waals surface area contributed by atoms with Gasteiger partial charge in [-0.05, 0) is 52.0 Å². The first-order valence-electron chi connectivity index (χ1n) is 7.46. The first-order chi connectivity index (χ1) is 11.8. The van der Waals surface area contributed by atoms with Gasteiger partial charge in [0.2, 0.25) is 0 Å². The van der Waals surface area contributed by atoms with Gasteiger partial charge in [0.15, 0.2) is 4.21 Å². The van der Waals surface area contributed by atoms with Gasteiger partial charge in [0.1, 0.15) is 4.88 Å². The number of anilines is 1. The first-order valence-corrected chi connectivity index (χ1v) is 10.6. The number of fused-ring (bicyclic) bond motifs is 1. The molecule has 0 radical (unpaired) electrons. The molecule has 0 saturated heterocycles. The molecule has 0 bridgehead atoms. The van der Waals surface area contributed by atoms with Crippen molar-refractivity contribution in [2.45, 2.75) is 24.1 Å². The Kier molecular flexibility index (Phi) is 4.90. The first kappa shape index (κ1) is 18.0. The normalized spacial score (nSPS) is 11.8. The second kappa shape index (κ2) is 6.81. The molecule has 0 amide bonds. The number of thiophene rings is 1. The van der Waals surface area contributed by atoms with Crippen LogP contribution in [0.2, 0.25) is 0 Å². The van der Waals surface area contributed by atoms with Crippen molar-refractivity contribution >= 4 is 59.8 Å². The van der Waals surface area contributed by atoms with Crippen molar-refractivity contribution in [2.75, 3.05) is 4.72 Å². The van der Waals surface area contributed by atoms with Gasteiger partial charge in [-0.2, -0.15) is 0 Å². The summed E-state index contributed by atoms with van der Waals surface area (Å²) in [6, 6.07) is 8.60. The van der Waals surface area contributed by atoms with Crippen molar-refractivity contribution in [2.24, 2.45) is 0 Å². The van der Waals surface area contributed by atoms with Crippen molar-refractivity contribution in [1.82, 2.24) is 4.57 Å². The minimum Gasteiger partial charge on any atom is -0.477 e. The number of carbonyl (C=O) groups is 1. The number of aromatic carboxylic acids is 1. The lowest BCUT2D eigenvalue weighted by atomic mass is 10.2. The van der Waals surface area contributed by atoms with E-state index in [-0.39, 0.29) is 13.6 Å². The molecule has 0 fully saturated rings. The number of carboxylic acids is 1. The Hall–Kier alpha value is -1.84. The van der Waals surface area contributed by atoms with Crippen LogP contribution in [-0.4, -0.2) is 24.1 Å². The number of aryl methyl sites for hydroxylation is 1. The molecule has 0 atom stereocenters. The molecule has 6 nitrogen and oxygen atoms in total. The fourth-order valence-corrected chi connectivity index (χ4v) is 6.09. The summed E-state index contributed by atoms with van der Waals surface area (Å²) in [7, 11) is -3.88. The Morgan fingerprint density at radius 1 is 1.32 bits per heavy atom. The van der Waals surface area contributed by atoms with Crippen molar-refractivity contribution in [3.8, 4) is 0 Å². The number of hydrogen-bond acceptors (Lipinski definition) is 4. The van der Waals surface area contributed by atoms with E-state index in [0.29, 0.717) is 17.0 Å². The van der Waals surface area contributed by atoms with Crippen molar-refractivity contribution in [3.05, 3.63) is 45.9 Å². The molecule has 9 heteroatoms. The second-order valence-corrected chi connectivity index (χ2v) is 9.22. The van der Waals surface area contributed by atoms with Gasteiger partial charge in [-0.1, -0.05) is 13.0 Å². The SMILES string of the molecule is CCCn1ccc2ccc(NS(=O)(=O)c3sc(C(=O)O)cc3Br)cc21. The maximum absolute atomic E-state index is 12.6. The number of halogens is 1. The molecule has 0 aliphatic carbocycles. The van der Waals surface area contributed by atoms with Gasteiger partial charge in [0.25, 0.3) is 10.0 Å². The molecule has 132 valence electrons. The molecular weight excluding hydrogens is 428 g/mol. The predicted molar refractivity (Wildman–Crippen MR) is 102 cm³/mol. The van der Waals surface area contributed by atoms with Crippen LogP contribution in [0.1, 0.15) is 23.0 Å². The van der Waals surface area contributed by atoms with E-state index >= 15 is 0 Å². The molecule has 2 heterocycles. The molecule has 3 rings (SSSR count). The van der Waals surface area contributed by atoms with Crippen LogP contribution < -0.4 is 4.72 Å². The Bertz CT molecular complexity index is 1050. The maximum atomic E-state index is 12.6. The van der Waals surface area contributed by atoms with Gasteiger partial charge in [-0.3, -0.25) is 4.72 Å². The molecular formula is C16H15BrN2O4S2. The van der Waals surface area contributed by atoms with Crippen molar-refractivity contribution in [3.63, 3.8) is 0 Å². The molecule has 25 heavy (non-hydrogen) atoms. The van der Waals surface area contributed by atoms with E-state index in [1.54, 1.807) is 12.1 Å². The van der Waals surface area contributed by atoms with Crippen LogP contribution in [0.25, 0.3) is 10.9 Å². The van der Waals surface area contributed by atoms with E-state index in [0.717, 1.165) is 23.9 Å². The number of sulfonamides is 1. The zero-order chi connectivity index (χ0) is 18.2. The maximum Gasteiger partial charge on any atom is 0.345 e. The summed E-state index contributed by atoms with van der Waals surface area (Å²) in [5.74, 6) is -1.16. The molecule has 0 unspecified atom stereocenters. The fourth-order valence-electron chi connectivity index (χ4n) is 2.53. The molecule has 3 aromatic rings. The molecule has 0 spiro atoms. The lowest BCUT2D eigenvalue weighted by Gasteiger charge is -2.09. The van der Waals surface area contributed by atoms with Gasteiger partial charge in [0.05, 0.1) is 11.2 Å². The number of carboxylic acid groups (broad SMARTS) is 1. The highest BCUT2D eigenvalue weighted by Crippen LogP contribution is 2.33. The van der Waals surface area contributed by atoms with Crippen LogP contribution in [-0.2, 0) is 16.6 Å². The Balaban J connectivity index is 1.96. The molecule has 0 aliphatic rings. The number of hydrogen-bond donors (Lipinski definition) is 2. The highest BCUT2D eigenvalue weighted by molar-refractivity contribution is 9.10. The number of nitrogens with one attached hydrogen (secondary N) is 1. The van der Waals surface area contributed by atoms with Gasteiger partial charge in [-0.15, -0.1) is 11.3 Å². The monoisotopic (exact) mass is 442 g/mol. The summed E-state index contributed by atoms with van der Waals surface area (Å²) < 4.78 is 30.0. The lowest BCUT2D eigenvalue weighted by molar-refractivity contribution is 0.0702. The Morgan fingerprint density at radius 2 is 2.08 bits per heavy atom.